The number of methoxy groups -OCH3 is 2. The molecular weight excluding hydrogens is 332 g/mol. The largest absolute Gasteiger partial charge is 0.496 e. The Labute approximate surface area is 143 Å². The molecule has 0 aliphatic carbocycles. The molecule has 24 heavy (non-hydrogen) atoms. The van der Waals surface area contributed by atoms with E-state index in [9.17, 15) is 0 Å². The molecule has 2 aromatic carbocycles. The van der Waals surface area contributed by atoms with Crippen molar-refractivity contribution in [2.45, 2.75) is 6.61 Å². The highest BCUT2D eigenvalue weighted by Gasteiger charge is 2.10. The lowest BCUT2D eigenvalue weighted by molar-refractivity contribution is 0.261. The molecule has 3 aromatic rings. The number of ether oxygens (including phenoxy) is 3. The van der Waals surface area contributed by atoms with Gasteiger partial charge in [0.25, 0.3) is 5.89 Å². The van der Waals surface area contributed by atoms with E-state index < -0.39 is 0 Å². The number of halogens is 1. The maximum Gasteiger partial charge on any atom is 0.254 e. The summed E-state index contributed by atoms with van der Waals surface area (Å²) >= 11 is 5.96. The van der Waals surface area contributed by atoms with Crippen LogP contribution >= 0.6 is 11.6 Å². The number of rotatable bonds is 6. The van der Waals surface area contributed by atoms with Crippen molar-refractivity contribution in [3.8, 4) is 28.7 Å². The van der Waals surface area contributed by atoms with Gasteiger partial charge in [-0.05, 0) is 18.2 Å². The molecule has 0 aliphatic heterocycles. The SMILES string of the molecule is COc1cc(OC)cc(OCc2nnc(-c3cccc(Cl)c3)o2)c1. The van der Waals surface area contributed by atoms with E-state index in [1.807, 2.05) is 12.1 Å². The molecule has 0 saturated heterocycles. The maximum atomic E-state index is 5.96. The zero-order valence-electron chi connectivity index (χ0n) is 13.2. The minimum Gasteiger partial charge on any atom is -0.496 e. The van der Waals surface area contributed by atoms with Gasteiger partial charge in [-0.25, -0.2) is 0 Å². The lowest BCUT2D eigenvalue weighted by atomic mass is 10.2. The first kappa shape index (κ1) is 16.1. The van der Waals surface area contributed by atoms with Crippen molar-refractivity contribution in [3.05, 3.63) is 53.4 Å². The number of aromatic nitrogens is 2. The third kappa shape index (κ3) is 3.78. The van der Waals surface area contributed by atoms with E-state index in [4.69, 9.17) is 30.2 Å². The first-order valence-electron chi connectivity index (χ1n) is 7.12. The van der Waals surface area contributed by atoms with Crippen molar-refractivity contribution in [2.24, 2.45) is 0 Å². The summed E-state index contributed by atoms with van der Waals surface area (Å²) in [5.41, 5.74) is 0.754. The standard InChI is InChI=1S/C17H15ClN2O4/c1-21-13-7-14(22-2)9-15(8-13)23-10-16-19-20-17(24-16)11-4-3-5-12(18)6-11/h3-9H,10H2,1-2H3. The Morgan fingerprint density at radius 1 is 0.958 bits per heavy atom. The second-order valence-corrected chi connectivity index (χ2v) is 5.28. The van der Waals surface area contributed by atoms with Crippen LogP contribution in [0.1, 0.15) is 5.89 Å². The minimum absolute atomic E-state index is 0.129. The van der Waals surface area contributed by atoms with Gasteiger partial charge in [0.1, 0.15) is 17.2 Å². The van der Waals surface area contributed by atoms with E-state index in [0.717, 1.165) is 5.56 Å². The van der Waals surface area contributed by atoms with Gasteiger partial charge in [-0.15, -0.1) is 10.2 Å². The fourth-order valence-corrected chi connectivity index (χ4v) is 2.25. The maximum absolute atomic E-state index is 5.96. The van der Waals surface area contributed by atoms with Crippen molar-refractivity contribution in [1.29, 1.82) is 0 Å². The molecule has 0 bridgehead atoms. The summed E-state index contributed by atoms with van der Waals surface area (Å²) in [7, 11) is 3.15. The average Bonchev–Trinajstić information content (AvgIpc) is 3.08. The predicted molar refractivity (Wildman–Crippen MR) is 88.6 cm³/mol. The number of hydrogen-bond acceptors (Lipinski definition) is 6. The van der Waals surface area contributed by atoms with E-state index >= 15 is 0 Å². The minimum atomic E-state index is 0.129. The lowest BCUT2D eigenvalue weighted by Crippen LogP contribution is -1.97. The third-order valence-electron chi connectivity index (χ3n) is 3.23. The fourth-order valence-electron chi connectivity index (χ4n) is 2.06. The highest BCUT2D eigenvalue weighted by molar-refractivity contribution is 6.30. The molecule has 0 spiro atoms. The highest BCUT2D eigenvalue weighted by atomic mass is 35.5. The molecule has 1 aromatic heterocycles. The zero-order chi connectivity index (χ0) is 16.9. The summed E-state index contributed by atoms with van der Waals surface area (Å²) in [6.07, 6.45) is 0. The van der Waals surface area contributed by atoms with Crippen molar-refractivity contribution in [3.63, 3.8) is 0 Å². The highest BCUT2D eigenvalue weighted by Crippen LogP contribution is 2.28. The van der Waals surface area contributed by atoms with Crippen LogP contribution in [0.25, 0.3) is 11.5 Å². The second kappa shape index (κ2) is 7.23. The quantitative estimate of drug-likeness (QED) is 0.672. The molecule has 124 valence electrons. The van der Waals surface area contributed by atoms with Crippen LogP contribution in [-0.4, -0.2) is 24.4 Å². The van der Waals surface area contributed by atoms with Crippen molar-refractivity contribution in [1.82, 2.24) is 10.2 Å². The van der Waals surface area contributed by atoms with E-state index in [2.05, 4.69) is 10.2 Å². The Hall–Kier alpha value is -2.73. The van der Waals surface area contributed by atoms with Crippen molar-refractivity contribution >= 4 is 11.6 Å². The molecule has 0 radical (unpaired) electrons. The normalized spacial score (nSPS) is 10.5. The summed E-state index contributed by atoms with van der Waals surface area (Å²) in [6.45, 7) is 0.129. The van der Waals surface area contributed by atoms with Crippen LogP contribution in [0, 0.1) is 0 Å². The van der Waals surface area contributed by atoms with Crippen LogP contribution in [0.4, 0.5) is 0 Å². The van der Waals surface area contributed by atoms with Crippen LogP contribution in [0.15, 0.2) is 46.9 Å². The molecule has 6 nitrogen and oxygen atoms in total. The van der Waals surface area contributed by atoms with Gasteiger partial charge in [0.2, 0.25) is 5.89 Å². The molecular formula is C17H15ClN2O4. The van der Waals surface area contributed by atoms with Crippen LogP contribution in [-0.2, 0) is 6.61 Å². The summed E-state index contributed by atoms with van der Waals surface area (Å²) in [5, 5.41) is 8.58. The fraction of sp³-hybridized carbons (Fsp3) is 0.176. The molecule has 7 heteroatoms. The van der Waals surface area contributed by atoms with Crippen LogP contribution < -0.4 is 14.2 Å². The van der Waals surface area contributed by atoms with Gasteiger partial charge in [0, 0.05) is 28.8 Å². The first-order valence-corrected chi connectivity index (χ1v) is 7.50. The average molecular weight is 347 g/mol. The molecule has 0 fully saturated rings. The second-order valence-electron chi connectivity index (χ2n) is 4.85. The number of nitrogens with zero attached hydrogens (tertiary/aromatic N) is 2. The van der Waals surface area contributed by atoms with Gasteiger partial charge in [0.05, 0.1) is 14.2 Å². The van der Waals surface area contributed by atoms with Gasteiger partial charge >= 0.3 is 0 Å². The molecule has 3 rings (SSSR count). The van der Waals surface area contributed by atoms with Gasteiger partial charge in [-0.2, -0.15) is 0 Å². The molecule has 0 atom stereocenters. The van der Waals surface area contributed by atoms with Gasteiger partial charge in [-0.1, -0.05) is 17.7 Å². The monoisotopic (exact) mass is 346 g/mol. The van der Waals surface area contributed by atoms with Gasteiger partial charge < -0.3 is 18.6 Å². The summed E-state index contributed by atoms with van der Waals surface area (Å²) in [5.74, 6) is 2.59. The summed E-state index contributed by atoms with van der Waals surface area (Å²) in [6, 6.07) is 12.5. The zero-order valence-corrected chi connectivity index (χ0v) is 13.9. The van der Waals surface area contributed by atoms with Crippen LogP contribution in [0.3, 0.4) is 0 Å². The molecule has 0 saturated carbocycles. The predicted octanol–water partition coefficient (Wildman–Crippen LogP) is 3.99. The Kier molecular flexibility index (Phi) is 4.86. The van der Waals surface area contributed by atoms with Crippen LogP contribution in [0.2, 0.25) is 5.02 Å². The van der Waals surface area contributed by atoms with Gasteiger partial charge in [-0.3, -0.25) is 0 Å². The van der Waals surface area contributed by atoms with Crippen molar-refractivity contribution in [2.75, 3.05) is 14.2 Å². The molecule has 0 N–H and O–H groups in total. The van der Waals surface area contributed by atoms with E-state index in [-0.39, 0.29) is 6.61 Å². The molecule has 0 unspecified atom stereocenters. The lowest BCUT2D eigenvalue weighted by Gasteiger charge is -2.08. The Morgan fingerprint density at radius 2 is 1.67 bits per heavy atom. The third-order valence-corrected chi connectivity index (χ3v) is 3.46. The van der Waals surface area contributed by atoms with E-state index in [0.29, 0.717) is 34.1 Å². The smallest absolute Gasteiger partial charge is 0.254 e. The molecule has 1 heterocycles. The van der Waals surface area contributed by atoms with E-state index in [1.54, 1.807) is 44.6 Å². The molecule has 0 aliphatic rings. The van der Waals surface area contributed by atoms with Gasteiger partial charge in [0.15, 0.2) is 6.61 Å². The Balaban J connectivity index is 1.72. The van der Waals surface area contributed by atoms with E-state index in [1.165, 1.54) is 0 Å². The Bertz CT molecular complexity index is 813. The number of hydrogen-bond donors (Lipinski definition) is 0. The Morgan fingerprint density at radius 3 is 2.33 bits per heavy atom. The topological polar surface area (TPSA) is 66.6 Å². The number of benzene rings is 2. The van der Waals surface area contributed by atoms with Crippen molar-refractivity contribution < 1.29 is 18.6 Å². The summed E-state index contributed by atoms with van der Waals surface area (Å²) < 4.78 is 21.7. The molecule has 0 amide bonds. The summed E-state index contributed by atoms with van der Waals surface area (Å²) in [4.78, 5) is 0. The first-order chi connectivity index (χ1) is 11.7. The van der Waals surface area contributed by atoms with Crippen LogP contribution in [0.5, 0.6) is 17.2 Å².